The molecule has 0 aromatic rings. The third kappa shape index (κ3) is 1.20. The Morgan fingerprint density at radius 2 is 2.31 bits per heavy atom. The van der Waals surface area contributed by atoms with Gasteiger partial charge < -0.3 is 10.6 Å². The Bertz CT molecular complexity index is 271. The fourth-order valence-corrected chi connectivity index (χ4v) is 2.29. The van der Waals surface area contributed by atoms with Gasteiger partial charge in [-0.05, 0) is 19.3 Å². The molecule has 2 amide bonds. The van der Waals surface area contributed by atoms with E-state index in [0.29, 0.717) is 0 Å². The summed E-state index contributed by atoms with van der Waals surface area (Å²) in [6.07, 6.45) is 2.98. The maximum atomic E-state index is 11.6. The van der Waals surface area contributed by atoms with Gasteiger partial charge in [-0.15, -0.1) is 0 Å². The smallest absolute Gasteiger partial charge is 0.237 e. The van der Waals surface area contributed by atoms with Crippen molar-refractivity contribution in [3.8, 4) is 0 Å². The molecule has 13 heavy (non-hydrogen) atoms. The van der Waals surface area contributed by atoms with Crippen LogP contribution in [0.4, 0.5) is 0 Å². The van der Waals surface area contributed by atoms with Crippen LogP contribution < -0.4 is 5.73 Å². The Kier molecular flexibility index (Phi) is 1.62. The molecule has 2 fully saturated rings. The van der Waals surface area contributed by atoms with Crippen LogP contribution in [0.2, 0.25) is 0 Å². The first-order chi connectivity index (χ1) is 6.05. The van der Waals surface area contributed by atoms with Crippen LogP contribution in [0.15, 0.2) is 0 Å². The third-order valence-corrected chi connectivity index (χ3v) is 3.09. The first kappa shape index (κ1) is 8.53. The summed E-state index contributed by atoms with van der Waals surface area (Å²) in [5.41, 5.74) is 5.12. The average Bonchev–Trinajstić information content (AvgIpc) is 2.75. The van der Waals surface area contributed by atoms with Gasteiger partial charge in [-0.2, -0.15) is 0 Å². The van der Waals surface area contributed by atoms with Crippen LogP contribution in [-0.2, 0) is 9.59 Å². The summed E-state index contributed by atoms with van der Waals surface area (Å²) in [6, 6.07) is 0. The van der Waals surface area contributed by atoms with Gasteiger partial charge >= 0.3 is 0 Å². The van der Waals surface area contributed by atoms with Crippen molar-refractivity contribution in [2.24, 2.45) is 11.7 Å². The maximum absolute atomic E-state index is 11.6. The highest BCUT2D eigenvalue weighted by molar-refractivity contribution is 5.88. The van der Waals surface area contributed by atoms with E-state index in [1.807, 2.05) is 6.92 Å². The number of rotatable bonds is 2. The minimum atomic E-state index is -0.409. The highest BCUT2D eigenvalue weighted by Gasteiger charge is 2.57. The number of primary amides is 1. The molecule has 1 unspecified atom stereocenters. The van der Waals surface area contributed by atoms with Crippen molar-refractivity contribution in [2.45, 2.75) is 31.7 Å². The summed E-state index contributed by atoms with van der Waals surface area (Å²) >= 11 is 0. The molecular formula is C9H14N2O2. The highest BCUT2D eigenvalue weighted by Crippen LogP contribution is 2.51. The zero-order valence-electron chi connectivity index (χ0n) is 7.75. The lowest BCUT2D eigenvalue weighted by molar-refractivity contribution is -0.135. The third-order valence-electron chi connectivity index (χ3n) is 3.09. The van der Waals surface area contributed by atoms with E-state index in [1.54, 1.807) is 4.90 Å². The topological polar surface area (TPSA) is 63.4 Å². The Labute approximate surface area is 77.1 Å². The second-order valence-electron chi connectivity index (χ2n) is 4.22. The summed E-state index contributed by atoms with van der Waals surface area (Å²) in [7, 11) is 0. The van der Waals surface area contributed by atoms with Crippen LogP contribution in [0.25, 0.3) is 0 Å². The van der Waals surface area contributed by atoms with Crippen LogP contribution in [-0.4, -0.2) is 28.8 Å². The number of likely N-dealkylation sites (tertiary alicyclic amines) is 1. The normalized spacial score (nSPS) is 29.8. The average molecular weight is 182 g/mol. The molecule has 4 nitrogen and oxygen atoms in total. The number of nitrogens with two attached hydrogens (primary N) is 1. The molecule has 0 radical (unpaired) electrons. The Morgan fingerprint density at radius 3 is 2.77 bits per heavy atom. The molecule has 2 N–H and O–H groups in total. The fourth-order valence-electron chi connectivity index (χ4n) is 2.29. The van der Waals surface area contributed by atoms with Gasteiger partial charge in [-0.25, -0.2) is 0 Å². The molecule has 1 aliphatic carbocycles. The summed E-state index contributed by atoms with van der Waals surface area (Å²) < 4.78 is 0. The van der Waals surface area contributed by atoms with E-state index in [1.165, 1.54) is 0 Å². The Morgan fingerprint density at radius 1 is 1.69 bits per heavy atom. The van der Waals surface area contributed by atoms with Crippen LogP contribution in [0.1, 0.15) is 26.2 Å². The zero-order valence-corrected chi connectivity index (χ0v) is 7.75. The van der Waals surface area contributed by atoms with Crippen molar-refractivity contribution < 1.29 is 9.59 Å². The van der Waals surface area contributed by atoms with Gasteiger partial charge in [0.2, 0.25) is 11.8 Å². The predicted molar refractivity (Wildman–Crippen MR) is 46.7 cm³/mol. The molecule has 1 spiro atoms. The lowest BCUT2D eigenvalue weighted by Gasteiger charge is -2.22. The highest BCUT2D eigenvalue weighted by atomic mass is 16.2. The SMILES string of the molecule is CC1CC2(CC2)N(CC(N)=O)C1=O. The molecule has 0 bridgehead atoms. The molecule has 0 aromatic heterocycles. The second-order valence-corrected chi connectivity index (χ2v) is 4.22. The van der Waals surface area contributed by atoms with E-state index < -0.39 is 5.91 Å². The molecule has 2 aliphatic rings. The van der Waals surface area contributed by atoms with E-state index in [0.717, 1.165) is 19.3 Å². The van der Waals surface area contributed by atoms with Crippen molar-refractivity contribution in [3.63, 3.8) is 0 Å². The number of hydrogen-bond donors (Lipinski definition) is 1. The van der Waals surface area contributed by atoms with E-state index in [4.69, 9.17) is 5.73 Å². The zero-order chi connectivity index (χ0) is 9.64. The second kappa shape index (κ2) is 2.47. The fraction of sp³-hybridized carbons (Fsp3) is 0.778. The number of hydrogen-bond acceptors (Lipinski definition) is 2. The Hall–Kier alpha value is -1.06. The van der Waals surface area contributed by atoms with Crippen molar-refractivity contribution in [3.05, 3.63) is 0 Å². The molecule has 1 heterocycles. The lowest BCUT2D eigenvalue weighted by atomic mass is 10.1. The molecule has 72 valence electrons. The summed E-state index contributed by atoms with van der Waals surface area (Å²) in [5.74, 6) is -0.244. The summed E-state index contributed by atoms with van der Waals surface area (Å²) in [4.78, 5) is 24.0. The van der Waals surface area contributed by atoms with Crippen molar-refractivity contribution in [1.82, 2.24) is 4.90 Å². The number of carbonyl (C=O) groups excluding carboxylic acids is 2. The number of nitrogens with zero attached hydrogens (tertiary/aromatic N) is 1. The Balaban J connectivity index is 2.15. The molecular weight excluding hydrogens is 168 g/mol. The molecule has 1 saturated heterocycles. The monoisotopic (exact) mass is 182 g/mol. The van der Waals surface area contributed by atoms with Crippen molar-refractivity contribution >= 4 is 11.8 Å². The van der Waals surface area contributed by atoms with Crippen LogP contribution in [0.3, 0.4) is 0 Å². The minimum Gasteiger partial charge on any atom is -0.368 e. The first-order valence-electron chi connectivity index (χ1n) is 4.65. The minimum absolute atomic E-state index is 0.0194. The molecule has 1 aliphatic heterocycles. The van der Waals surface area contributed by atoms with Crippen LogP contribution in [0, 0.1) is 5.92 Å². The van der Waals surface area contributed by atoms with Gasteiger partial charge in [-0.3, -0.25) is 9.59 Å². The van der Waals surface area contributed by atoms with Gasteiger partial charge in [0.05, 0.1) is 6.54 Å². The molecule has 1 atom stereocenters. The summed E-state index contributed by atoms with van der Waals surface area (Å²) in [5, 5.41) is 0. The number of carbonyl (C=O) groups is 2. The number of amides is 2. The van der Waals surface area contributed by atoms with E-state index in [2.05, 4.69) is 0 Å². The van der Waals surface area contributed by atoms with Gasteiger partial charge in [0.25, 0.3) is 0 Å². The van der Waals surface area contributed by atoms with Crippen molar-refractivity contribution in [1.29, 1.82) is 0 Å². The van der Waals surface area contributed by atoms with Gasteiger partial charge in [-0.1, -0.05) is 6.92 Å². The molecule has 4 heteroatoms. The predicted octanol–water partition coefficient (Wildman–Crippen LogP) is -0.127. The quantitative estimate of drug-likeness (QED) is 0.646. The van der Waals surface area contributed by atoms with Gasteiger partial charge in [0.15, 0.2) is 0 Å². The van der Waals surface area contributed by atoms with Crippen LogP contribution >= 0.6 is 0 Å². The van der Waals surface area contributed by atoms with E-state index >= 15 is 0 Å². The van der Waals surface area contributed by atoms with E-state index in [9.17, 15) is 9.59 Å². The molecule has 2 rings (SSSR count). The van der Waals surface area contributed by atoms with Gasteiger partial charge in [0, 0.05) is 11.5 Å². The first-order valence-corrected chi connectivity index (χ1v) is 4.65. The summed E-state index contributed by atoms with van der Waals surface area (Å²) in [6.45, 7) is 2.02. The maximum Gasteiger partial charge on any atom is 0.237 e. The lowest BCUT2D eigenvalue weighted by Crippen LogP contribution is -2.41. The van der Waals surface area contributed by atoms with Crippen molar-refractivity contribution in [2.75, 3.05) is 6.54 Å². The van der Waals surface area contributed by atoms with Gasteiger partial charge in [0.1, 0.15) is 0 Å². The molecule has 1 saturated carbocycles. The van der Waals surface area contributed by atoms with Crippen LogP contribution in [0.5, 0.6) is 0 Å². The standard InChI is InChI=1S/C9H14N2O2/c1-6-4-9(2-3-9)11(8(6)13)5-7(10)12/h6H,2-5H2,1H3,(H2,10,12). The molecule has 0 aromatic carbocycles. The van der Waals surface area contributed by atoms with E-state index in [-0.39, 0.29) is 23.9 Å². The largest absolute Gasteiger partial charge is 0.368 e.